The van der Waals surface area contributed by atoms with E-state index in [0.29, 0.717) is 17.8 Å². The minimum absolute atomic E-state index is 0.0407. The molecule has 2 aromatic carbocycles. The van der Waals surface area contributed by atoms with Crippen LogP contribution < -0.4 is 10.6 Å². The summed E-state index contributed by atoms with van der Waals surface area (Å²) in [6.45, 7) is 4.74. The molecule has 4 heteroatoms. The van der Waals surface area contributed by atoms with Gasteiger partial charge >= 0.3 is 0 Å². The molecule has 0 unspecified atom stereocenters. The van der Waals surface area contributed by atoms with E-state index in [-0.39, 0.29) is 34.6 Å². The van der Waals surface area contributed by atoms with Gasteiger partial charge in [0, 0.05) is 23.1 Å². The van der Waals surface area contributed by atoms with Crippen LogP contribution in [0.3, 0.4) is 0 Å². The van der Waals surface area contributed by atoms with Gasteiger partial charge in [-0.3, -0.25) is 9.59 Å². The topological polar surface area (TPSA) is 58.2 Å². The van der Waals surface area contributed by atoms with E-state index >= 15 is 0 Å². The molecule has 1 heterocycles. The van der Waals surface area contributed by atoms with Crippen LogP contribution in [0.2, 0.25) is 0 Å². The maximum absolute atomic E-state index is 13.5. The van der Waals surface area contributed by atoms with Crippen LogP contribution >= 0.6 is 0 Å². The van der Waals surface area contributed by atoms with E-state index in [9.17, 15) is 9.59 Å². The van der Waals surface area contributed by atoms with Crippen molar-refractivity contribution in [3.8, 4) is 11.1 Å². The summed E-state index contributed by atoms with van der Waals surface area (Å²) in [7, 11) is 0. The Morgan fingerprint density at radius 1 is 0.886 bits per heavy atom. The first-order valence-electron chi connectivity index (χ1n) is 13.3. The average molecular weight is 469 g/mol. The van der Waals surface area contributed by atoms with Crippen molar-refractivity contribution >= 4 is 17.5 Å². The van der Waals surface area contributed by atoms with Crippen LogP contribution in [0.1, 0.15) is 52.4 Å². The molecule has 2 N–H and O–H groups in total. The fourth-order valence-corrected chi connectivity index (χ4v) is 8.37. The second-order valence-electron chi connectivity index (χ2n) is 11.8. The molecular weight excluding hydrogens is 432 g/mol. The minimum atomic E-state index is 0.0407. The van der Waals surface area contributed by atoms with Crippen LogP contribution in [0.25, 0.3) is 11.1 Å². The van der Waals surface area contributed by atoms with Gasteiger partial charge in [0.25, 0.3) is 0 Å². The van der Waals surface area contributed by atoms with Crippen molar-refractivity contribution in [2.45, 2.75) is 58.4 Å². The lowest BCUT2D eigenvalue weighted by atomic mass is 9.48. The fourth-order valence-electron chi connectivity index (χ4n) is 8.37. The molecule has 0 aromatic heterocycles. The fraction of sp³-hybridized carbons (Fsp3) is 0.484. The normalized spacial score (nSPS) is 37.5. The summed E-state index contributed by atoms with van der Waals surface area (Å²) in [5, 5.41) is 6.49. The second kappa shape index (κ2) is 8.36. The van der Waals surface area contributed by atoms with Gasteiger partial charge in [-0.1, -0.05) is 62.4 Å². The van der Waals surface area contributed by atoms with Gasteiger partial charge in [0.1, 0.15) is 0 Å². The molecule has 7 atom stereocenters. The molecule has 0 saturated heterocycles. The first-order valence-corrected chi connectivity index (χ1v) is 13.3. The van der Waals surface area contributed by atoms with Gasteiger partial charge in [0.15, 0.2) is 0 Å². The van der Waals surface area contributed by atoms with Crippen molar-refractivity contribution in [2.24, 2.45) is 34.5 Å². The van der Waals surface area contributed by atoms with Crippen molar-refractivity contribution in [1.82, 2.24) is 5.32 Å². The number of anilines is 1. The van der Waals surface area contributed by atoms with Crippen molar-refractivity contribution in [3.05, 3.63) is 66.7 Å². The van der Waals surface area contributed by atoms with Gasteiger partial charge in [-0.05, 0) is 91.0 Å². The van der Waals surface area contributed by atoms with Crippen LogP contribution in [0, 0.1) is 34.5 Å². The number of fused-ring (bicyclic) bond motifs is 5. The molecule has 2 amide bonds. The highest BCUT2D eigenvalue weighted by molar-refractivity contribution is 5.93. The summed E-state index contributed by atoms with van der Waals surface area (Å²) in [4.78, 5) is 25.5. The summed E-state index contributed by atoms with van der Waals surface area (Å²) in [5.41, 5.74) is 3.32. The predicted molar refractivity (Wildman–Crippen MR) is 139 cm³/mol. The number of carbonyl (C=O) groups is 2. The summed E-state index contributed by atoms with van der Waals surface area (Å²) in [5.74, 6) is 2.11. The third-order valence-electron chi connectivity index (χ3n) is 10.3. The van der Waals surface area contributed by atoms with Gasteiger partial charge in [-0.2, -0.15) is 0 Å². The lowest BCUT2D eigenvalue weighted by molar-refractivity contribution is -0.129. The number of carbonyl (C=O) groups excluding carboxylic acids is 2. The number of hydrogen-bond acceptors (Lipinski definition) is 2. The summed E-state index contributed by atoms with van der Waals surface area (Å²) in [6, 6.07) is 18.8. The molecule has 3 fully saturated rings. The van der Waals surface area contributed by atoms with E-state index < -0.39 is 0 Å². The highest BCUT2D eigenvalue weighted by atomic mass is 16.2. The molecular formula is C31H36N2O2. The molecule has 35 heavy (non-hydrogen) atoms. The number of amides is 2. The van der Waals surface area contributed by atoms with Gasteiger partial charge in [0.05, 0.1) is 0 Å². The molecule has 3 saturated carbocycles. The van der Waals surface area contributed by atoms with Gasteiger partial charge in [0.2, 0.25) is 11.8 Å². The second-order valence-corrected chi connectivity index (χ2v) is 11.8. The molecule has 3 aliphatic carbocycles. The predicted octanol–water partition coefficient (Wildman–Crippen LogP) is 6.21. The van der Waals surface area contributed by atoms with E-state index in [1.165, 1.54) is 5.56 Å². The number of benzene rings is 2. The SMILES string of the molecule is C[C@]12C=CC(=O)N[C@@H]1CC[C@@H]1[C@@H]2CC[C@]2(C)[C@@H](C(=O)Nc3ccc(-c4ccccc4)cc3)CC[C@@H]12. The Morgan fingerprint density at radius 2 is 1.63 bits per heavy atom. The Labute approximate surface area is 208 Å². The Bertz CT molecular complexity index is 1160. The zero-order valence-corrected chi connectivity index (χ0v) is 20.8. The van der Waals surface area contributed by atoms with E-state index in [0.717, 1.165) is 49.8 Å². The number of hydrogen-bond donors (Lipinski definition) is 2. The highest BCUT2D eigenvalue weighted by Gasteiger charge is 2.60. The highest BCUT2D eigenvalue weighted by Crippen LogP contribution is 2.65. The van der Waals surface area contributed by atoms with E-state index in [1.54, 1.807) is 6.08 Å². The summed E-state index contributed by atoms with van der Waals surface area (Å²) >= 11 is 0. The first kappa shape index (κ1) is 22.6. The number of rotatable bonds is 3. The Kier molecular flexibility index (Phi) is 5.39. The molecule has 182 valence electrons. The third kappa shape index (κ3) is 3.64. The van der Waals surface area contributed by atoms with Crippen LogP contribution in [-0.4, -0.2) is 17.9 Å². The molecule has 6 rings (SSSR count). The minimum Gasteiger partial charge on any atom is -0.349 e. The van der Waals surface area contributed by atoms with E-state index in [4.69, 9.17) is 0 Å². The molecule has 0 radical (unpaired) electrons. The van der Waals surface area contributed by atoms with Gasteiger partial charge < -0.3 is 10.6 Å². The standard InChI is InChI=1S/C31H36N2O2/c1-30-18-16-25-23(12-15-27-31(25,2)19-17-28(34)33-27)24(30)13-14-26(30)29(35)32-22-10-8-21(9-11-22)20-6-4-3-5-7-20/h3-11,17,19,23-27H,12-16,18H2,1-2H3,(H,32,35)(H,33,34)/t23-,24-,25-,26+,27+,30-,31+/m0/s1. The largest absolute Gasteiger partial charge is 0.349 e. The van der Waals surface area contributed by atoms with Crippen molar-refractivity contribution in [1.29, 1.82) is 0 Å². The molecule has 0 spiro atoms. The molecule has 2 aromatic rings. The van der Waals surface area contributed by atoms with Gasteiger partial charge in [-0.15, -0.1) is 0 Å². The van der Waals surface area contributed by atoms with Crippen molar-refractivity contribution in [2.75, 3.05) is 5.32 Å². The maximum atomic E-state index is 13.5. The smallest absolute Gasteiger partial charge is 0.243 e. The van der Waals surface area contributed by atoms with Crippen LogP contribution in [0.5, 0.6) is 0 Å². The summed E-state index contributed by atoms with van der Waals surface area (Å²) in [6.07, 6.45) is 10.5. The van der Waals surface area contributed by atoms with Crippen LogP contribution in [0.15, 0.2) is 66.7 Å². The van der Waals surface area contributed by atoms with Crippen molar-refractivity contribution < 1.29 is 9.59 Å². The maximum Gasteiger partial charge on any atom is 0.243 e. The monoisotopic (exact) mass is 468 g/mol. The number of nitrogens with one attached hydrogen (secondary N) is 2. The molecule has 1 aliphatic heterocycles. The quantitative estimate of drug-likeness (QED) is 0.563. The Balaban J connectivity index is 1.17. The molecule has 0 bridgehead atoms. The van der Waals surface area contributed by atoms with E-state index in [2.05, 4.69) is 54.8 Å². The lowest BCUT2D eigenvalue weighted by Crippen LogP contribution is -2.59. The van der Waals surface area contributed by atoms with Crippen LogP contribution in [0.4, 0.5) is 5.69 Å². The first-order chi connectivity index (χ1) is 16.9. The zero-order chi connectivity index (χ0) is 24.2. The molecule has 4 nitrogen and oxygen atoms in total. The Morgan fingerprint density at radius 3 is 2.40 bits per heavy atom. The van der Waals surface area contributed by atoms with E-state index in [1.807, 2.05) is 30.3 Å². The summed E-state index contributed by atoms with van der Waals surface area (Å²) < 4.78 is 0. The average Bonchev–Trinajstić information content (AvgIpc) is 3.23. The van der Waals surface area contributed by atoms with Crippen LogP contribution in [-0.2, 0) is 9.59 Å². The Hall–Kier alpha value is -2.88. The molecule has 4 aliphatic rings. The zero-order valence-electron chi connectivity index (χ0n) is 20.8. The third-order valence-corrected chi connectivity index (χ3v) is 10.3. The van der Waals surface area contributed by atoms with Crippen molar-refractivity contribution in [3.63, 3.8) is 0 Å². The van der Waals surface area contributed by atoms with Gasteiger partial charge in [-0.25, -0.2) is 0 Å². The lowest BCUT2D eigenvalue weighted by Gasteiger charge is -2.58.